The van der Waals surface area contributed by atoms with Gasteiger partial charge in [0.05, 0.1) is 12.5 Å². The molecular weight excluding hydrogens is 218 g/mol. The molecule has 0 saturated carbocycles. The number of hydrogen-bond donors (Lipinski definition) is 0. The highest BCUT2D eigenvalue weighted by Gasteiger charge is 2.33. The Hall–Kier alpha value is -0.900. The van der Waals surface area contributed by atoms with E-state index < -0.39 is 5.41 Å². The van der Waals surface area contributed by atoms with Crippen LogP contribution in [0.4, 0.5) is 0 Å². The van der Waals surface area contributed by atoms with Gasteiger partial charge in [-0.05, 0) is 46.7 Å². The first kappa shape index (κ1) is 14.2. The van der Waals surface area contributed by atoms with Crippen LogP contribution >= 0.6 is 0 Å². The molecule has 0 aliphatic carbocycles. The molecule has 0 aromatic carbocycles. The van der Waals surface area contributed by atoms with Crippen LogP contribution in [-0.4, -0.2) is 43.4 Å². The summed E-state index contributed by atoms with van der Waals surface area (Å²) in [5, 5.41) is 0. The zero-order chi connectivity index (χ0) is 13.1. The first-order valence-corrected chi connectivity index (χ1v) is 6.18. The Morgan fingerprint density at radius 2 is 1.82 bits per heavy atom. The summed E-state index contributed by atoms with van der Waals surface area (Å²) in [6, 6.07) is 0. The van der Waals surface area contributed by atoms with Gasteiger partial charge in [0, 0.05) is 12.5 Å². The van der Waals surface area contributed by atoms with Crippen molar-refractivity contribution in [1.29, 1.82) is 0 Å². The van der Waals surface area contributed by atoms with Gasteiger partial charge in [-0.15, -0.1) is 0 Å². The van der Waals surface area contributed by atoms with Gasteiger partial charge in [0.2, 0.25) is 0 Å². The number of likely N-dealkylation sites (tertiary alicyclic amines) is 1. The molecule has 0 spiro atoms. The molecule has 0 bridgehead atoms. The van der Waals surface area contributed by atoms with Gasteiger partial charge in [-0.3, -0.25) is 9.59 Å². The Morgan fingerprint density at radius 3 is 2.24 bits per heavy atom. The lowest BCUT2D eigenvalue weighted by Gasteiger charge is -2.35. The summed E-state index contributed by atoms with van der Waals surface area (Å²) in [4.78, 5) is 25.1. The van der Waals surface area contributed by atoms with Crippen molar-refractivity contribution in [1.82, 2.24) is 4.90 Å². The van der Waals surface area contributed by atoms with E-state index in [9.17, 15) is 9.59 Å². The molecule has 1 heterocycles. The van der Waals surface area contributed by atoms with Crippen LogP contribution in [-0.2, 0) is 14.3 Å². The predicted molar refractivity (Wildman–Crippen MR) is 65.6 cm³/mol. The highest BCUT2D eigenvalue weighted by molar-refractivity contribution is 5.78. The van der Waals surface area contributed by atoms with Gasteiger partial charge in [0.25, 0.3) is 0 Å². The number of nitrogens with zero attached hydrogens (tertiary/aromatic N) is 1. The van der Waals surface area contributed by atoms with E-state index in [0.29, 0.717) is 6.54 Å². The number of methoxy groups -OCH3 is 1. The fourth-order valence-corrected chi connectivity index (χ4v) is 2.40. The maximum Gasteiger partial charge on any atom is 0.312 e. The van der Waals surface area contributed by atoms with Gasteiger partial charge in [-0.1, -0.05) is 0 Å². The Bertz CT molecular complexity index is 291. The lowest BCUT2D eigenvalue weighted by atomic mass is 9.89. The van der Waals surface area contributed by atoms with Crippen molar-refractivity contribution in [3.05, 3.63) is 0 Å². The van der Waals surface area contributed by atoms with Crippen molar-refractivity contribution in [2.45, 2.75) is 33.6 Å². The van der Waals surface area contributed by atoms with E-state index in [0.717, 1.165) is 25.9 Å². The monoisotopic (exact) mass is 241 g/mol. The minimum absolute atomic E-state index is 0.175. The molecule has 0 unspecified atom stereocenters. The fraction of sp³-hybridized carbons (Fsp3) is 0.846. The smallest absolute Gasteiger partial charge is 0.312 e. The van der Waals surface area contributed by atoms with Crippen LogP contribution < -0.4 is 0 Å². The number of esters is 1. The Kier molecular flexibility index (Phi) is 4.69. The first-order valence-electron chi connectivity index (χ1n) is 6.18. The second-order valence-electron chi connectivity index (χ2n) is 5.54. The van der Waals surface area contributed by atoms with E-state index in [-0.39, 0.29) is 17.7 Å². The molecule has 98 valence electrons. The van der Waals surface area contributed by atoms with Gasteiger partial charge in [-0.2, -0.15) is 0 Å². The lowest BCUT2D eigenvalue weighted by molar-refractivity contribution is -0.152. The molecule has 17 heavy (non-hydrogen) atoms. The number of carbonyl (C=O) groups excluding carboxylic acids is 2. The normalized spacial score (nSPS) is 19.1. The molecule has 0 N–H and O–H groups in total. The van der Waals surface area contributed by atoms with Crippen molar-refractivity contribution in [3.63, 3.8) is 0 Å². The quantitative estimate of drug-likeness (QED) is 0.700. The molecule has 1 saturated heterocycles. The summed E-state index contributed by atoms with van der Waals surface area (Å²) in [5.41, 5.74) is -0.474. The average molecular weight is 241 g/mol. The highest BCUT2D eigenvalue weighted by Crippen LogP contribution is 2.24. The molecule has 4 nitrogen and oxygen atoms in total. The van der Waals surface area contributed by atoms with E-state index >= 15 is 0 Å². The van der Waals surface area contributed by atoms with Crippen molar-refractivity contribution in [3.8, 4) is 0 Å². The minimum Gasteiger partial charge on any atom is -0.469 e. The molecular formula is C13H23NO3. The van der Waals surface area contributed by atoms with Crippen LogP contribution in [0.5, 0.6) is 0 Å². The largest absolute Gasteiger partial charge is 0.469 e. The minimum atomic E-state index is -0.474. The van der Waals surface area contributed by atoms with Crippen LogP contribution in [0.2, 0.25) is 0 Å². The summed E-state index contributed by atoms with van der Waals surface area (Å²) in [7, 11) is 1.42. The number of ether oxygens (including phenoxy) is 1. The maximum absolute atomic E-state index is 11.6. The van der Waals surface area contributed by atoms with Crippen molar-refractivity contribution < 1.29 is 14.3 Å². The van der Waals surface area contributed by atoms with E-state index in [1.807, 2.05) is 13.8 Å². The summed E-state index contributed by atoms with van der Waals surface area (Å²) >= 11 is 0. The van der Waals surface area contributed by atoms with Crippen molar-refractivity contribution in [2.24, 2.45) is 11.3 Å². The average Bonchev–Trinajstić information content (AvgIpc) is 2.28. The van der Waals surface area contributed by atoms with Crippen LogP contribution in [0.15, 0.2) is 0 Å². The molecule has 1 aliphatic rings. The van der Waals surface area contributed by atoms with Crippen LogP contribution in [0, 0.1) is 11.3 Å². The Balaban J connectivity index is 2.45. The SMILES string of the molecule is COC(=O)C(C)(C)CN1CCC(C(C)=O)CC1. The highest BCUT2D eigenvalue weighted by atomic mass is 16.5. The number of Topliss-reactive ketones (excluding diaryl/α,β-unsaturated/α-hetero) is 1. The molecule has 0 atom stereocenters. The second-order valence-corrected chi connectivity index (χ2v) is 5.54. The predicted octanol–water partition coefficient (Wildman–Crippen LogP) is 1.49. The third-order valence-corrected chi connectivity index (χ3v) is 3.52. The summed E-state index contributed by atoms with van der Waals surface area (Å²) in [6.45, 7) is 7.95. The van der Waals surface area contributed by atoms with E-state index in [4.69, 9.17) is 4.74 Å². The number of rotatable bonds is 4. The molecule has 0 radical (unpaired) electrons. The molecule has 0 amide bonds. The molecule has 0 aromatic heterocycles. The van der Waals surface area contributed by atoms with Crippen LogP contribution in [0.3, 0.4) is 0 Å². The maximum atomic E-state index is 11.6. The van der Waals surface area contributed by atoms with Crippen LogP contribution in [0.25, 0.3) is 0 Å². The fourth-order valence-electron chi connectivity index (χ4n) is 2.40. The van der Waals surface area contributed by atoms with E-state index in [1.54, 1.807) is 6.92 Å². The van der Waals surface area contributed by atoms with Crippen molar-refractivity contribution >= 4 is 11.8 Å². The van der Waals surface area contributed by atoms with E-state index in [1.165, 1.54) is 7.11 Å². The molecule has 1 fully saturated rings. The first-order chi connectivity index (χ1) is 7.86. The summed E-state index contributed by atoms with van der Waals surface area (Å²) < 4.78 is 4.80. The number of ketones is 1. The number of carbonyl (C=O) groups is 2. The van der Waals surface area contributed by atoms with E-state index in [2.05, 4.69) is 4.90 Å². The summed E-state index contributed by atoms with van der Waals surface area (Å²) in [6.07, 6.45) is 1.82. The lowest BCUT2D eigenvalue weighted by Crippen LogP contribution is -2.44. The third kappa shape index (κ3) is 3.80. The van der Waals surface area contributed by atoms with Gasteiger partial charge in [0.15, 0.2) is 0 Å². The molecule has 1 rings (SSSR count). The van der Waals surface area contributed by atoms with Gasteiger partial charge in [0.1, 0.15) is 5.78 Å². The van der Waals surface area contributed by atoms with Gasteiger partial charge in [-0.25, -0.2) is 0 Å². The molecule has 1 aliphatic heterocycles. The third-order valence-electron chi connectivity index (χ3n) is 3.52. The zero-order valence-corrected chi connectivity index (χ0v) is 11.3. The second kappa shape index (κ2) is 5.63. The van der Waals surface area contributed by atoms with Crippen molar-refractivity contribution in [2.75, 3.05) is 26.7 Å². The standard InChI is InChI=1S/C13H23NO3/c1-10(15)11-5-7-14(8-6-11)9-13(2,3)12(16)17-4/h11H,5-9H2,1-4H3. The zero-order valence-electron chi connectivity index (χ0n) is 11.3. The van der Waals surface area contributed by atoms with Gasteiger partial charge >= 0.3 is 5.97 Å². The van der Waals surface area contributed by atoms with Gasteiger partial charge < -0.3 is 9.64 Å². The Morgan fingerprint density at radius 1 is 1.29 bits per heavy atom. The number of hydrogen-bond acceptors (Lipinski definition) is 4. The van der Waals surface area contributed by atoms with Crippen LogP contribution in [0.1, 0.15) is 33.6 Å². The number of piperidine rings is 1. The molecule has 4 heteroatoms. The topological polar surface area (TPSA) is 46.6 Å². The summed E-state index contributed by atoms with van der Waals surface area (Å²) in [5.74, 6) is 0.329. The molecule has 0 aromatic rings. The Labute approximate surface area is 103 Å².